The van der Waals surface area contributed by atoms with Crippen LogP contribution in [0.4, 0.5) is 4.39 Å². The molecule has 1 aromatic heterocycles. The quantitative estimate of drug-likeness (QED) is 0.902. The van der Waals surface area contributed by atoms with Crippen LogP contribution >= 0.6 is 0 Å². The lowest BCUT2D eigenvalue weighted by Crippen LogP contribution is -2.12. The summed E-state index contributed by atoms with van der Waals surface area (Å²) in [7, 11) is 1.56. The Morgan fingerprint density at radius 1 is 1.26 bits per heavy atom. The van der Waals surface area contributed by atoms with Crippen LogP contribution in [0.1, 0.15) is 10.5 Å². The van der Waals surface area contributed by atoms with Gasteiger partial charge in [-0.25, -0.2) is 9.18 Å². The zero-order valence-electron chi connectivity index (χ0n) is 10.5. The number of methoxy groups -OCH3 is 1. The second-order valence-corrected chi connectivity index (χ2v) is 4.06. The summed E-state index contributed by atoms with van der Waals surface area (Å²) >= 11 is 0. The number of rotatable bonds is 5. The predicted octanol–water partition coefficient (Wildman–Crippen LogP) is 2.64. The smallest absolute Gasteiger partial charge is 0.352 e. The molecule has 4 nitrogen and oxygen atoms in total. The average molecular weight is 263 g/mol. The van der Waals surface area contributed by atoms with Crippen LogP contribution in [0.5, 0.6) is 0 Å². The standard InChI is InChI=1S/C14H14FNO3/c1-19-9-8-16-12(6-7-13(16)14(17)18)10-2-4-11(15)5-3-10/h2-7H,8-9H2,1H3,(H,17,18). The minimum Gasteiger partial charge on any atom is -0.477 e. The second kappa shape index (κ2) is 5.67. The molecule has 2 aromatic rings. The summed E-state index contributed by atoms with van der Waals surface area (Å²) in [5.74, 6) is -1.32. The van der Waals surface area contributed by atoms with Gasteiger partial charge in [-0.3, -0.25) is 0 Å². The van der Waals surface area contributed by atoms with E-state index >= 15 is 0 Å². The molecule has 0 fully saturated rings. The van der Waals surface area contributed by atoms with Crippen LogP contribution in [-0.4, -0.2) is 29.4 Å². The number of hydrogen-bond acceptors (Lipinski definition) is 2. The second-order valence-electron chi connectivity index (χ2n) is 4.06. The summed E-state index contributed by atoms with van der Waals surface area (Å²) in [6.07, 6.45) is 0. The molecule has 1 heterocycles. The van der Waals surface area contributed by atoms with Gasteiger partial charge in [-0.05, 0) is 42.0 Å². The van der Waals surface area contributed by atoms with Crippen molar-refractivity contribution < 1.29 is 19.0 Å². The van der Waals surface area contributed by atoms with Crippen LogP contribution in [-0.2, 0) is 11.3 Å². The lowest BCUT2D eigenvalue weighted by Gasteiger charge is -2.11. The molecule has 0 spiro atoms. The van der Waals surface area contributed by atoms with Crippen molar-refractivity contribution >= 4 is 5.97 Å². The number of halogens is 1. The van der Waals surface area contributed by atoms with Gasteiger partial charge in [-0.1, -0.05) is 0 Å². The maximum absolute atomic E-state index is 12.9. The Bertz CT molecular complexity index is 575. The van der Waals surface area contributed by atoms with Crippen LogP contribution in [0, 0.1) is 5.82 Å². The Balaban J connectivity index is 2.44. The van der Waals surface area contributed by atoms with E-state index in [0.717, 1.165) is 11.3 Å². The predicted molar refractivity (Wildman–Crippen MR) is 68.7 cm³/mol. The molecule has 0 aliphatic rings. The van der Waals surface area contributed by atoms with Crippen molar-refractivity contribution in [2.45, 2.75) is 6.54 Å². The fraction of sp³-hybridized carbons (Fsp3) is 0.214. The fourth-order valence-electron chi connectivity index (χ4n) is 1.95. The largest absolute Gasteiger partial charge is 0.477 e. The Morgan fingerprint density at radius 2 is 1.95 bits per heavy atom. The van der Waals surface area contributed by atoms with Crippen LogP contribution in [0.2, 0.25) is 0 Å². The number of carbonyl (C=O) groups is 1. The lowest BCUT2D eigenvalue weighted by atomic mass is 10.1. The monoisotopic (exact) mass is 263 g/mol. The van der Waals surface area contributed by atoms with E-state index in [1.807, 2.05) is 0 Å². The first-order valence-electron chi connectivity index (χ1n) is 5.81. The third-order valence-corrected chi connectivity index (χ3v) is 2.86. The van der Waals surface area contributed by atoms with Gasteiger partial charge in [-0.15, -0.1) is 0 Å². The molecule has 5 heteroatoms. The molecule has 1 N–H and O–H groups in total. The van der Waals surface area contributed by atoms with E-state index in [0.29, 0.717) is 13.2 Å². The topological polar surface area (TPSA) is 51.5 Å². The molecule has 0 saturated carbocycles. The zero-order chi connectivity index (χ0) is 13.8. The van der Waals surface area contributed by atoms with Crippen molar-refractivity contribution in [3.8, 4) is 11.3 Å². The normalized spacial score (nSPS) is 10.6. The molecule has 0 amide bonds. The Morgan fingerprint density at radius 3 is 2.53 bits per heavy atom. The molecule has 2 rings (SSSR count). The summed E-state index contributed by atoms with van der Waals surface area (Å²) < 4.78 is 19.6. The fourth-order valence-corrected chi connectivity index (χ4v) is 1.95. The van der Waals surface area contributed by atoms with Gasteiger partial charge >= 0.3 is 5.97 Å². The first-order valence-corrected chi connectivity index (χ1v) is 5.81. The van der Waals surface area contributed by atoms with Gasteiger partial charge in [0.15, 0.2) is 0 Å². The number of aromatic carboxylic acids is 1. The minimum atomic E-state index is -0.996. The van der Waals surface area contributed by atoms with Crippen molar-refractivity contribution in [3.63, 3.8) is 0 Å². The van der Waals surface area contributed by atoms with E-state index in [-0.39, 0.29) is 11.5 Å². The molecule has 0 aliphatic heterocycles. The number of nitrogens with zero attached hydrogens (tertiary/aromatic N) is 1. The molecule has 0 atom stereocenters. The number of aromatic nitrogens is 1. The van der Waals surface area contributed by atoms with Crippen molar-refractivity contribution in [1.82, 2.24) is 4.57 Å². The number of hydrogen-bond donors (Lipinski definition) is 1. The highest BCUT2D eigenvalue weighted by atomic mass is 19.1. The molecule has 100 valence electrons. The van der Waals surface area contributed by atoms with Gasteiger partial charge < -0.3 is 14.4 Å². The summed E-state index contributed by atoms with van der Waals surface area (Å²) in [5.41, 5.74) is 1.69. The average Bonchev–Trinajstić information content (AvgIpc) is 2.81. The van der Waals surface area contributed by atoms with E-state index in [2.05, 4.69) is 0 Å². The summed E-state index contributed by atoms with van der Waals surface area (Å²) in [4.78, 5) is 11.2. The number of carboxylic acid groups (broad SMARTS) is 1. The lowest BCUT2D eigenvalue weighted by molar-refractivity contribution is 0.0683. The minimum absolute atomic E-state index is 0.191. The van der Waals surface area contributed by atoms with Crippen molar-refractivity contribution in [2.75, 3.05) is 13.7 Å². The van der Waals surface area contributed by atoms with Gasteiger partial charge in [0, 0.05) is 19.3 Å². The molecule has 0 unspecified atom stereocenters. The van der Waals surface area contributed by atoms with Crippen LogP contribution in [0.3, 0.4) is 0 Å². The molecule has 0 bridgehead atoms. The van der Waals surface area contributed by atoms with Gasteiger partial charge in [0.1, 0.15) is 11.5 Å². The highest BCUT2D eigenvalue weighted by Crippen LogP contribution is 2.23. The van der Waals surface area contributed by atoms with Crippen molar-refractivity contribution in [2.24, 2.45) is 0 Å². The SMILES string of the molecule is COCCn1c(C(=O)O)ccc1-c1ccc(F)cc1. The molecular weight excluding hydrogens is 249 g/mol. The maximum atomic E-state index is 12.9. The highest BCUT2D eigenvalue weighted by molar-refractivity contribution is 5.87. The van der Waals surface area contributed by atoms with E-state index in [1.54, 1.807) is 29.9 Å². The molecule has 0 aliphatic carbocycles. The van der Waals surface area contributed by atoms with Gasteiger partial charge in [-0.2, -0.15) is 0 Å². The van der Waals surface area contributed by atoms with Gasteiger partial charge in [0.05, 0.1) is 6.61 Å². The first-order chi connectivity index (χ1) is 9.13. The molecular formula is C14H14FNO3. The number of ether oxygens (including phenoxy) is 1. The van der Waals surface area contributed by atoms with E-state index in [9.17, 15) is 9.18 Å². The van der Waals surface area contributed by atoms with E-state index in [1.165, 1.54) is 18.2 Å². The molecule has 1 aromatic carbocycles. The van der Waals surface area contributed by atoms with Crippen molar-refractivity contribution in [3.05, 3.63) is 47.9 Å². The Labute approximate surface area is 110 Å². The van der Waals surface area contributed by atoms with E-state index < -0.39 is 5.97 Å². The number of benzene rings is 1. The third-order valence-electron chi connectivity index (χ3n) is 2.86. The van der Waals surface area contributed by atoms with Crippen LogP contribution in [0.15, 0.2) is 36.4 Å². The van der Waals surface area contributed by atoms with Gasteiger partial charge in [0.2, 0.25) is 0 Å². The summed E-state index contributed by atoms with van der Waals surface area (Å²) in [6, 6.07) is 9.20. The summed E-state index contributed by atoms with van der Waals surface area (Å²) in [6.45, 7) is 0.834. The summed E-state index contributed by atoms with van der Waals surface area (Å²) in [5, 5.41) is 9.15. The van der Waals surface area contributed by atoms with Gasteiger partial charge in [0.25, 0.3) is 0 Å². The molecule has 19 heavy (non-hydrogen) atoms. The zero-order valence-corrected chi connectivity index (χ0v) is 10.5. The first kappa shape index (κ1) is 13.3. The van der Waals surface area contributed by atoms with Crippen molar-refractivity contribution in [1.29, 1.82) is 0 Å². The van der Waals surface area contributed by atoms with Crippen LogP contribution < -0.4 is 0 Å². The Hall–Kier alpha value is -2.14. The highest BCUT2D eigenvalue weighted by Gasteiger charge is 2.14. The number of carboxylic acids is 1. The molecule has 0 radical (unpaired) electrons. The van der Waals surface area contributed by atoms with Crippen LogP contribution in [0.25, 0.3) is 11.3 Å². The van der Waals surface area contributed by atoms with E-state index in [4.69, 9.17) is 9.84 Å². The Kier molecular flexibility index (Phi) is 3.97. The molecule has 0 saturated heterocycles. The third kappa shape index (κ3) is 2.82. The maximum Gasteiger partial charge on any atom is 0.352 e.